The molecule has 0 saturated carbocycles. The van der Waals surface area contributed by atoms with Gasteiger partial charge in [0.05, 0.1) is 6.61 Å². The van der Waals surface area contributed by atoms with Gasteiger partial charge in [0.1, 0.15) is 0 Å². The van der Waals surface area contributed by atoms with E-state index in [-0.39, 0.29) is 0 Å². The van der Waals surface area contributed by atoms with Gasteiger partial charge in [-0.3, -0.25) is 0 Å². The first kappa shape index (κ1) is 14.2. The number of ether oxygens (including phenoxy) is 1. The van der Waals surface area contributed by atoms with Crippen molar-refractivity contribution in [3.05, 3.63) is 42.8 Å². The highest BCUT2D eigenvalue weighted by Gasteiger charge is 1.86. The van der Waals surface area contributed by atoms with E-state index in [0.717, 1.165) is 19.6 Å². The van der Waals surface area contributed by atoms with Crippen LogP contribution >= 0.6 is 0 Å². The summed E-state index contributed by atoms with van der Waals surface area (Å²) >= 11 is 0. The number of rotatable bonds is 5. The van der Waals surface area contributed by atoms with Crippen molar-refractivity contribution in [3.63, 3.8) is 0 Å². The fourth-order valence-electron chi connectivity index (χ4n) is 1.04. The summed E-state index contributed by atoms with van der Waals surface area (Å²) in [7, 11) is 0. The van der Waals surface area contributed by atoms with Gasteiger partial charge >= 0.3 is 0 Å². The predicted octanol–water partition coefficient (Wildman–Crippen LogP) is 4.23. The normalized spacial score (nSPS) is 9.27. The molecule has 15 heavy (non-hydrogen) atoms. The van der Waals surface area contributed by atoms with Crippen LogP contribution in [0.4, 0.5) is 0 Å². The van der Waals surface area contributed by atoms with Gasteiger partial charge in [-0.2, -0.15) is 0 Å². The molecular weight excluding hydrogens is 184 g/mol. The van der Waals surface area contributed by atoms with Gasteiger partial charge in [0, 0.05) is 6.61 Å². The second-order valence-corrected chi connectivity index (χ2v) is 3.33. The van der Waals surface area contributed by atoms with Gasteiger partial charge in [0.15, 0.2) is 0 Å². The molecule has 1 aromatic rings. The monoisotopic (exact) mass is 207 g/mol. The van der Waals surface area contributed by atoms with Crippen LogP contribution in [0.15, 0.2) is 30.3 Å². The van der Waals surface area contributed by atoms with Crippen LogP contribution in [0.25, 0.3) is 0 Å². The lowest BCUT2D eigenvalue weighted by molar-refractivity contribution is 0.134. The fourth-order valence-corrected chi connectivity index (χ4v) is 1.04. The van der Waals surface area contributed by atoms with Crippen molar-refractivity contribution in [2.24, 2.45) is 0 Å². The zero-order valence-corrected chi connectivity index (χ0v) is 10.0. The van der Waals surface area contributed by atoms with E-state index in [2.05, 4.69) is 26.0 Å². The molecule has 0 fully saturated rings. The first-order valence-corrected chi connectivity index (χ1v) is 5.76. The Bertz CT molecular complexity index is 204. The lowest BCUT2D eigenvalue weighted by Gasteiger charge is -1.98. The van der Waals surface area contributed by atoms with Gasteiger partial charge in [-0.15, -0.1) is 0 Å². The molecule has 0 amide bonds. The summed E-state index contributed by atoms with van der Waals surface area (Å²) in [6, 6.07) is 10.2. The zero-order valence-electron chi connectivity index (χ0n) is 10.0. The van der Waals surface area contributed by atoms with Crippen LogP contribution in [0.5, 0.6) is 0 Å². The van der Waals surface area contributed by atoms with Crippen molar-refractivity contribution >= 4 is 0 Å². The Morgan fingerprint density at radius 3 is 2.20 bits per heavy atom. The topological polar surface area (TPSA) is 9.23 Å². The Morgan fingerprint density at radius 1 is 1.13 bits per heavy atom. The minimum atomic E-state index is 0.733. The van der Waals surface area contributed by atoms with Crippen LogP contribution in [-0.2, 0) is 11.3 Å². The molecule has 0 aliphatic carbocycles. The standard InChI is InChI=1S/C9H12O.C5H11/c1-2-10-8-9-6-4-3-5-7-9;1-3-5-4-2/h3-7H,2,8H2,1H3;1,3-5H2,2H3. The highest BCUT2D eigenvalue weighted by atomic mass is 16.5. The molecule has 0 aliphatic rings. The summed E-state index contributed by atoms with van der Waals surface area (Å²) < 4.78 is 5.22. The van der Waals surface area contributed by atoms with Crippen molar-refractivity contribution < 1.29 is 4.74 Å². The van der Waals surface area contributed by atoms with Gasteiger partial charge in [-0.1, -0.05) is 63.4 Å². The van der Waals surface area contributed by atoms with Crippen LogP contribution in [0.3, 0.4) is 0 Å². The molecule has 0 aliphatic heterocycles. The first-order chi connectivity index (χ1) is 7.35. The van der Waals surface area contributed by atoms with Crippen LogP contribution in [0.2, 0.25) is 0 Å². The third kappa shape index (κ3) is 9.48. The summed E-state index contributed by atoms with van der Waals surface area (Å²) in [6.07, 6.45) is 3.65. The molecule has 1 nitrogen and oxygen atoms in total. The molecule has 0 bridgehead atoms. The van der Waals surface area contributed by atoms with Gasteiger partial charge < -0.3 is 4.74 Å². The maximum absolute atomic E-state index is 5.22. The molecule has 1 heteroatoms. The van der Waals surface area contributed by atoms with Gasteiger partial charge in [0.2, 0.25) is 0 Å². The van der Waals surface area contributed by atoms with E-state index in [9.17, 15) is 0 Å². The highest BCUT2D eigenvalue weighted by Crippen LogP contribution is 1.99. The van der Waals surface area contributed by atoms with E-state index in [0.29, 0.717) is 0 Å². The SMILES string of the molecule is CCOCc1ccccc1.[CH2]CCCC. The van der Waals surface area contributed by atoms with Crippen LogP contribution in [0, 0.1) is 6.92 Å². The average Bonchev–Trinajstić information content (AvgIpc) is 2.30. The molecule has 0 aromatic heterocycles. The van der Waals surface area contributed by atoms with Gasteiger partial charge in [-0.25, -0.2) is 0 Å². The Kier molecular flexibility index (Phi) is 10.6. The summed E-state index contributed by atoms with van der Waals surface area (Å²) in [5.74, 6) is 0. The van der Waals surface area contributed by atoms with E-state index in [4.69, 9.17) is 4.74 Å². The van der Waals surface area contributed by atoms with Gasteiger partial charge in [0.25, 0.3) is 0 Å². The minimum absolute atomic E-state index is 0.733. The molecule has 85 valence electrons. The molecule has 0 saturated heterocycles. The van der Waals surface area contributed by atoms with Crippen molar-refractivity contribution in [2.75, 3.05) is 6.61 Å². The number of hydrogen-bond acceptors (Lipinski definition) is 1. The fraction of sp³-hybridized carbons (Fsp3) is 0.500. The largest absolute Gasteiger partial charge is 0.377 e. The number of benzene rings is 1. The van der Waals surface area contributed by atoms with Crippen molar-refractivity contribution in [1.29, 1.82) is 0 Å². The summed E-state index contributed by atoms with van der Waals surface area (Å²) in [6.45, 7) is 9.37. The Balaban J connectivity index is 0.000000336. The molecule has 1 radical (unpaired) electrons. The maximum atomic E-state index is 5.22. The molecule has 0 heterocycles. The van der Waals surface area contributed by atoms with Crippen molar-refractivity contribution in [2.45, 2.75) is 39.7 Å². The molecule has 1 aromatic carbocycles. The molecule has 0 atom stereocenters. The Morgan fingerprint density at radius 2 is 1.80 bits per heavy atom. The van der Waals surface area contributed by atoms with Crippen molar-refractivity contribution in [1.82, 2.24) is 0 Å². The second-order valence-electron chi connectivity index (χ2n) is 3.33. The molecule has 1 rings (SSSR count). The van der Waals surface area contributed by atoms with Crippen LogP contribution in [-0.4, -0.2) is 6.61 Å². The molecular formula is C14H23O. The number of hydrogen-bond donors (Lipinski definition) is 0. The van der Waals surface area contributed by atoms with E-state index in [1.165, 1.54) is 18.4 Å². The van der Waals surface area contributed by atoms with E-state index in [1.807, 2.05) is 25.1 Å². The third-order valence-electron chi connectivity index (χ3n) is 1.92. The van der Waals surface area contributed by atoms with E-state index < -0.39 is 0 Å². The molecule has 0 unspecified atom stereocenters. The van der Waals surface area contributed by atoms with Crippen LogP contribution in [0.1, 0.15) is 38.7 Å². The van der Waals surface area contributed by atoms with Gasteiger partial charge in [-0.05, 0) is 12.5 Å². The lowest BCUT2D eigenvalue weighted by Crippen LogP contribution is -1.90. The Hall–Kier alpha value is -0.820. The first-order valence-electron chi connectivity index (χ1n) is 5.76. The summed E-state index contributed by atoms with van der Waals surface area (Å²) in [5.41, 5.74) is 1.24. The minimum Gasteiger partial charge on any atom is -0.377 e. The number of unbranched alkanes of at least 4 members (excludes halogenated alkanes) is 2. The van der Waals surface area contributed by atoms with E-state index in [1.54, 1.807) is 0 Å². The summed E-state index contributed by atoms with van der Waals surface area (Å²) in [4.78, 5) is 0. The zero-order chi connectivity index (χ0) is 11.4. The third-order valence-corrected chi connectivity index (χ3v) is 1.92. The van der Waals surface area contributed by atoms with Crippen molar-refractivity contribution in [3.8, 4) is 0 Å². The average molecular weight is 207 g/mol. The quantitative estimate of drug-likeness (QED) is 0.702. The lowest BCUT2D eigenvalue weighted by atomic mass is 10.2. The maximum Gasteiger partial charge on any atom is 0.0716 e. The highest BCUT2D eigenvalue weighted by molar-refractivity contribution is 5.13. The second kappa shape index (κ2) is 11.3. The van der Waals surface area contributed by atoms with Crippen LogP contribution < -0.4 is 0 Å². The molecule has 0 N–H and O–H groups in total. The molecule has 0 spiro atoms. The summed E-state index contributed by atoms with van der Waals surface area (Å²) in [5, 5.41) is 0. The van der Waals surface area contributed by atoms with E-state index >= 15 is 0 Å². The predicted molar refractivity (Wildman–Crippen MR) is 66.7 cm³/mol. The smallest absolute Gasteiger partial charge is 0.0716 e. The Labute approximate surface area is 94.5 Å².